The molecule has 10 nitrogen and oxygen atoms in total. The van der Waals surface area contributed by atoms with E-state index in [0.717, 1.165) is 128 Å². The van der Waals surface area contributed by atoms with E-state index in [1.54, 1.807) is 26.0 Å². The Morgan fingerprint density at radius 2 is 0.636 bits per heavy atom. The highest BCUT2D eigenvalue weighted by Crippen LogP contribution is 2.33. The topological polar surface area (TPSA) is 161 Å². The van der Waals surface area contributed by atoms with Gasteiger partial charge in [-0.2, -0.15) is 16.8 Å². The molecule has 0 saturated heterocycles. The molecule has 1 rings (SSSR count). The third-order valence-corrected chi connectivity index (χ3v) is 16.5. The van der Waals surface area contributed by atoms with Gasteiger partial charge in [-0.25, -0.2) is 9.59 Å². The van der Waals surface area contributed by atoms with Crippen LogP contribution in [0.4, 0.5) is 0 Å². The normalized spacial score (nSPS) is 14.9. The molecule has 0 saturated carbocycles. The van der Waals surface area contributed by atoms with Crippen molar-refractivity contribution in [3.05, 3.63) is 35.4 Å². The first-order valence-electron chi connectivity index (χ1n) is 27.1. The van der Waals surface area contributed by atoms with Crippen molar-refractivity contribution in [3.63, 3.8) is 0 Å². The smallest absolute Gasteiger partial charge is 0.339 e. The fraction of sp³-hybridized carbons (Fsp3) is 0.852. The Bertz CT molecular complexity index is 1480. The van der Waals surface area contributed by atoms with E-state index in [1.807, 2.05) is 0 Å². The van der Waals surface area contributed by atoms with E-state index in [2.05, 4.69) is 27.7 Å². The van der Waals surface area contributed by atoms with Crippen LogP contribution in [0.1, 0.15) is 281 Å². The van der Waals surface area contributed by atoms with Gasteiger partial charge in [0, 0.05) is 0 Å². The molecule has 386 valence electrons. The molecule has 0 fully saturated rings. The molecule has 1 aromatic carbocycles. The van der Waals surface area contributed by atoms with E-state index in [-0.39, 0.29) is 35.8 Å². The average Bonchev–Trinajstić information content (AvgIpc) is 3.27. The second-order valence-electron chi connectivity index (χ2n) is 19.4. The summed E-state index contributed by atoms with van der Waals surface area (Å²) in [7, 11) is -9.27. The molecule has 1 aromatic rings. The zero-order valence-corrected chi connectivity index (χ0v) is 44.4. The van der Waals surface area contributed by atoms with E-state index < -0.39 is 54.9 Å². The molecule has 0 aliphatic heterocycles. The predicted molar refractivity (Wildman–Crippen MR) is 274 cm³/mol. The van der Waals surface area contributed by atoms with Gasteiger partial charge in [0.15, 0.2) is 0 Å². The molecule has 0 radical (unpaired) electrons. The van der Waals surface area contributed by atoms with Gasteiger partial charge in [0.25, 0.3) is 20.2 Å². The Hall–Kier alpha value is -2.02. The molecule has 0 aliphatic carbocycles. The molecule has 12 heteroatoms. The summed E-state index contributed by atoms with van der Waals surface area (Å²) < 4.78 is 85.8. The third-order valence-electron chi connectivity index (χ3n) is 13.8. The van der Waals surface area contributed by atoms with Gasteiger partial charge in [-0.15, -0.1) is 0 Å². The Kier molecular flexibility index (Phi) is 35.5. The molecule has 66 heavy (non-hydrogen) atoms. The zero-order chi connectivity index (χ0) is 49.1. The third kappa shape index (κ3) is 26.7. The number of carbonyl (C=O) groups excluding carboxylic acids is 2. The van der Waals surface area contributed by atoms with Crippen molar-refractivity contribution >= 4 is 32.2 Å². The van der Waals surface area contributed by atoms with Gasteiger partial charge in [-0.1, -0.05) is 233 Å². The molecule has 2 N–H and O–H groups in total. The number of hydrogen-bond donors (Lipinski definition) is 2. The summed E-state index contributed by atoms with van der Waals surface area (Å²) in [4.78, 5) is 28.9. The molecular weight excluding hydrogens is 873 g/mol. The van der Waals surface area contributed by atoms with Crippen LogP contribution in [0.25, 0.3) is 0 Å². The first-order chi connectivity index (χ1) is 31.7. The highest BCUT2D eigenvalue weighted by molar-refractivity contribution is 7.86. The van der Waals surface area contributed by atoms with Crippen LogP contribution in [0.2, 0.25) is 0 Å². The zero-order valence-electron chi connectivity index (χ0n) is 42.8. The molecule has 6 unspecified atom stereocenters. The fourth-order valence-corrected chi connectivity index (χ4v) is 11.9. The summed E-state index contributed by atoms with van der Waals surface area (Å²) in [5, 5.41) is -2.72. The number of unbranched alkanes of at least 4 members (excludes halogenated alkanes) is 24. The van der Waals surface area contributed by atoms with E-state index in [9.17, 15) is 35.5 Å². The van der Waals surface area contributed by atoms with Gasteiger partial charge in [0.05, 0.1) is 11.1 Å². The average molecular weight is 972 g/mol. The monoisotopic (exact) mass is 971 g/mol. The van der Waals surface area contributed by atoms with Crippen molar-refractivity contribution in [2.75, 3.05) is 0 Å². The summed E-state index contributed by atoms with van der Waals surface area (Å²) in [5.74, 6) is -2.48. The molecule has 0 spiro atoms. The van der Waals surface area contributed by atoms with Crippen LogP contribution in [0.5, 0.6) is 0 Å². The second kappa shape index (κ2) is 37.8. The lowest BCUT2D eigenvalue weighted by atomic mass is 9.87. The number of carbonyl (C=O) groups is 2. The first-order valence-corrected chi connectivity index (χ1v) is 30.2. The number of rotatable bonds is 44. The highest BCUT2D eigenvalue weighted by atomic mass is 32.2. The van der Waals surface area contributed by atoms with E-state index in [4.69, 9.17) is 9.47 Å². The summed E-state index contributed by atoms with van der Waals surface area (Å²) in [6.45, 7) is 12.1. The molecular formula is C54H98O10S2. The van der Waals surface area contributed by atoms with Gasteiger partial charge in [0.1, 0.15) is 22.7 Å². The standard InChI is InChI=1S/C54H98O10S2/c1-7-13-17-21-25-27-31-35-41-45(39-33-29-23-19-15-9-3)51(49(11-5)65(57,58)59)63-53(55)47-43-37-38-44-48(47)54(56)64-52(50(12-6)66(60,61)62)46(40-34-30-24-20-16-10-4)42-36-32-28-26-22-18-14-8-2/h37-38,43-46,49-52H,7-36,39-42H2,1-6H3,(H,57,58,59)(H,60,61,62). The first kappa shape index (κ1) is 62.0. The largest absolute Gasteiger partial charge is 0.457 e. The Morgan fingerprint density at radius 3 is 0.848 bits per heavy atom. The Morgan fingerprint density at radius 1 is 0.409 bits per heavy atom. The van der Waals surface area contributed by atoms with Crippen LogP contribution in [0.3, 0.4) is 0 Å². The summed E-state index contributed by atoms with van der Waals surface area (Å²) in [6, 6.07) is 6.06. The van der Waals surface area contributed by atoms with Crippen LogP contribution in [-0.4, -0.2) is 60.6 Å². The van der Waals surface area contributed by atoms with Crippen molar-refractivity contribution in [2.24, 2.45) is 11.8 Å². The van der Waals surface area contributed by atoms with Crippen molar-refractivity contribution in [1.29, 1.82) is 0 Å². The van der Waals surface area contributed by atoms with Crippen LogP contribution >= 0.6 is 0 Å². The van der Waals surface area contributed by atoms with Crippen molar-refractivity contribution in [2.45, 2.75) is 283 Å². The number of benzene rings is 1. The molecule has 0 bridgehead atoms. The summed E-state index contributed by atoms with van der Waals surface area (Å²) in [5.41, 5.74) is -0.255. The Labute approximate surface area is 405 Å². The summed E-state index contributed by atoms with van der Waals surface area (Å²) in [6.07, 6.45) is 30.4. The summed E-state index contributed by atoms with van der Waals surface area (Å²) >= 11 is 0. The molecule has 0 aromatic heterocycles. The van der Waals surface area contributed by atoms with Crippen LogP contribution in [-0.2, 0) is 29.7 Å². The number of esters is 2. The maximum Gasteiger partial charge on any atom is 0.339 e. The minimum atomic E-state index is -4.64. The lowest BCUT2D eigenvalue weighted by Crippen LogP contribution is -2.43. The maximum absolute atomic E-state index is 14.4. The van der Waals surface area contributed by atoms with Crippen LogP contribution < -0.4 is 0 Å². The van der Waals surface area contributed by atoms with Gasteiger partial charge in [-0.3, -0.25) is 9.11 Å². The SMILES string of the molecule is CCCCCCCCCCC(CCCCCCCC)C(OC(=O)c1ccccc1C(=O)OC(C(CCCCCCCC)CCCCCCCCCC)C(CC)S(=O)(=O)O)C(CC)S(=O)(=O)O. The lowest BCUT2D eigenvalue weighted by Gasteiger charge is -2.33. The van der Waals surface area contributed by atoms with E-state index in [0.29, 0.717) is 25.7 Å². The molecule has 6 atom stereocenters. The number of hydrogen-bond acceptors (Lipinski definition) is 8. The van der Waals surface area contributed by atoms with Crippen LogP contribution in [0, 0.1) is 11.8 Å². The van der Waals surface area contributed by atoms with E-state index >= 15 is 0 Å². The fourth-order valence-electron chi connectivity index (χ4n) is 9.79. The van der Waals surface area contributed by atoms with Crippen molar-refractivity contribution in [1.82, 2.24) is 0 Å². The van der Waals surface area contributed by atoms with Crippen molar-refractivity contribution < 1.29 is 45.0 Å². The number of ether oxygens (including phenoxy) is 2. The molecule has 0 aliphatic rings. The molecule has 0 heterocycles. The minimum absolute atomic E-state index is 0.0272. The van der Waals surface area contributed by atoms with Crippen molar-refractivity contribution in [3.8, 4) is 0 Å². The van der Waals surface area contributed by atoms with Gasteiger partial charge >= 0.3 is 11.9 Å². The Balaban J connectivity index is 3.57. The second-order valence-corrected chi connectivity index (χ2v) is 22.6. The van der Waals surface area contributed by atoms with Crippen LogP contribution in [0.15, 0.2) is 24.3 Å². The van der Waals surface area contributed by atoms with E-state index in [1.165, 1.54) is 63.5 Å². The highest BCUT2D eigenvalue weighted by Gasteiger charge is 2.41. The lowest BCUT2D eigenvalue weighted by molar-refractivity contribution is 0.00328. The molecule has 0 amide bonds. The van der Waals surface area contributed by atoms with Gasteiger partial charge < -0.3 is 9.47 Å². The predicted octanol–water partition coefficient (Wildman–Crippen LogP) is 15.9. The van der Waals surface area contributed by atoms with Gasteiger partial charge in [0.2, 0.25) is 0 Å². The maximum atomic E-state index is 14.4. The van der Waals surface area contributed by atoms with Gasteiger partial charge in [-0.05, 0) is 62.5 Å². The minimum Gasteiger partial charge on any atom is -0.457 e. The quantitative estimate of drug-likeness (QED) is 0.0366.